The van der Waals surface area contributed by atoms with Gasteiger partial charge in [0.25, 0.3) is 15.7 Å². The Bertz CT molecular complexity index is 966. The number of hydrogen-bond acceptors (Lipinski definition) is 5. The van der Waals surface area contributed by atoms with E-state index in [1.165, 1.54) is 12.1 Å². The highest BCUT2D eigenvalue weighted by Crippen LogP contribution is 2.32. The number of nitro groups is 1. The van der Waals surface area contributed by atoms with Gasteiger partial charge in [-0.25, -0.2) is 8.42 Å². The Balaban J connectivity index is 1.82. The van der Waals surface area contributed by atoms with Crippen LogP contribution < -0.4 is 10.0 Å². The molecule has 3 rings (SSSR count). The number of nitro benzene ring substituents is 1. The van der Waals surface area contributed by atoms with Gasteiger partial charge in [-0.1, -0.05) is 6.07 Å². The first-order chi connectivity index (χ1) is 12.3. The Labute approximate surface area is 150 Å². The van der Waals surface area contributed by atoms with Crippen molar-refractivity contribution < 1.29 is 18.1 Å². The largest absolute Gasteiger partial charge is 0.326 e. The highest BCUT2D eigenvalue weighted by atomic mass is 32.2. The molecule has 0 heterocycles. The molecule has 0 spiro atoms. The van der Waals surface area contributed by atoms with Crippen LogP contribution in [0, 0.1) is 23.0 Å². The minimum atomic E-state index is -3.91. The van der Waals surface area contributed by atoms with Gasteiger partial charge in [-0.05, 0) is 49.6 Å². The number of sulfonamides is 1. The van der Waals surface area contributed by atoms with Gasteiger partial charge in [0, 0.05) is 23.7 Å². The van der Waals surface area contributed by atoms with Gasteiger partial charge >= 0.3 is 0 Å². The highest BCUT2D eigenvalue weighted by Gasteiger charge is 2.30. The number of benzene rings is 2. The topological polar surface area (TPSA) is 118 Å². The molecule has 1 fully saturated rings. The number of non-ortho nitro benzene ring substituents is 1. The smallest absolute Gasteiger partial charge is 0.269 e. The van der Waals surface area contributed by atoms with Crippen LogP contribution in [0.3, 0.4) is 0 Å². The lowest BCUT2D eigenvalue weighted by Gasteiger charge is -2.14. The van der Waals surface area contributed by atoms with Crippen molar-refractivity contribution in [2.45, 2.75) is 24.7 Å². The number of anilines is 2. The Hall–Kier alpha value is -2.94. The molecule has 8 nitrogen and oxygen atoms in total. The summed E-state index contributed by atoms with van der Waals surface area (Å²) >= 11 is 0. The van der Waals surface area contributed by atoms with Crippen LogP contribution in [-0.2, 0) is 14.8 Å². The maximum absolute atomic E-state index is 12.5. The van der Waals surface area contributed by atoms with Crippen molar-refractivity contribution in [2.75, 3.05) is 10.0 Å². The molecule has 0 atom stereocenters. The van der Waals surface area contributed by atoms with Crippen LogP contribution in [0.2, 0.25) is 0 Å². The number of rotatable bonds is 6. The second-order valence-corrected chi connectivity index (χ2v) is 7.78. The zero-order valence-corrected chi connectivity index (χ0v) is 14.7. The van der Waals surface area contributed by atoms with Gasteiger partial charge in [0.05, 0.1) is 15.5 Å². The molecule has 1 aliphatic rings. The van der Waals surface area contributed by atoms with Gasteiger partial charge in [-0.2, -0.15) is 0 Å². The molecular weight excluding hydrogens is 358 g/mol. The lowest BCUT2D eigenvalue weighted by atomic mass is 10.1. The normalized spacial score (nSPS) is 13.9. The number of amides is 1. The molecule has 0 aromatic heterocycles. The first-order valence-electron chi connectivity index (χ1n) is 7.96. The lowest BCUT2D eigenvalue weighted by Crippen LogP contribution is -2.16. The van der Waals surface area contributed by atoms with Crippen LogP contribution in [0.15, 0.2) is 47.4 Å². The quantitative estimate of drug-likeness (QED) is 0.594. The van der Waals surface area contributed by atoms with Gasteiger partial charge in [0.2, 0.25) is 5.91 Å². The van der Waals surface area contributed by atoms with E-state index in [-0.39, 0.29) is 22.4 Å². The average Bonchev–Trinajstić information content (AvgIpc) is 3.43. The third-order valence-corrected chi connectivity index (χ3v) is 5.52. The van der Waals surface area contributed by atoms with E-state index in [1.54, 1.807) is 25.1 Å². The number of carbonyl (C=O) groups excluding carboxylic acids is 1. The van der Waals surface area contributed by atoms with Crippen LogP contribution in [-0.4, -0.2) is 19.2 Å². The number of nitrogens with zero attached hydrogens (tertiary/aromatic N) is 1. The summed E-state index contributed by atoms with van der Waals surface area (Å²) in [6.07, 6.45) is 1.74. The molecule has 2 aromatic rings. The van der Waals surface area contributed by atoms with Crippen LogP contribution in [0.5, 0.6) is 0 Å². The fraction of sp³-hybridized carbons (Fsp3) is 0.235. The van der Waals surface area contributed by atoms with Gasteiger partial charge in [0.1, 0.15) is 0 Å². The molecule has 0 unspecified atom stereocenters. The van der Waals surface area contributed by atoms with E-state index in [2.05, 4.69) is 10.0 Å². The second kappa shape index (κ2) is 6.75. The fourth-order valence-corrected chi connectivity index (χ4v) is 3.54. The van der Waals surface area contributed by atoms with E-state index >= 15 is 0 Å². The number of hydrogen-bond donors (Lipinski definition) is 2. The first kappa shape index (κ1) is 17.9. The second-order valence-electron chi connectivity index (χ2n) is 6.10. The summed E-state index contributed by atoms with van der Waals surface area (Å²) in [5.74, 6) is -0.0293. The van der Waals surface area contributed by atoms with Crippen molar-refractivity contribution in [2.24, 2.45) is 5.92 Å². The first-order valence-corrected chi connectivity index (χ1v) is 9.44. The van der Waals surface area contributed by atoms with Crippen LogP contribution in [0.25, 0.3) is 0 Å². The van der Waals surface area contributed by atoms with Gasteiger partial charge in [-0.15, -0.1) is 0 Å². The van der Waals surface area contributed by atoms with E-state index in [0.29, 0.717) is 16.9 Å². The van der Waals surface area contributed by atoms with E-state index in [1.807, 2.05) is 0 Å². The van der Waals surface area contributed by atoms with Crippen molar-refractivity contribution in [1.82, 2.24) is 0 Å². The third-order valence-electron chi connectivity index (χ3n) is 4.14. The van der Waals surface area contributed by atoms with E-state index in [0.717, 1.165) is 25.0 Å². The molecule has 136 valence electrons. The predicted molar refractivity (Wildman–Crippen MR) is 96.4 cm³/mol. The van der Waals surface area contributed by atoms with Gasteiger partial charge in [-0.3, -0.25) is 19.6 Å². The Morgan fingerprint density at radius 1 is 1.12 bits per heavy atom. The van der Waals surface area contributed by atoms with Gasteiger partial charge < -0.3 is 5.32 Å². The summed E-state index contributed by atoms with van der Waals surface area (Å²) in [4.78, 5) is 21.9. The Morgan fingerprint density at radius 3 is 2.31 bits per heavy atom. The van der Waals surface area contributed by atoms with Crippen molar-refractivity contribution in [3.63, 3.8) is 0 Å². The summed E-state index contributed by atoms with van der Waals surface area (Å²) in [7, 11) is -3.91. The summed E-state index contributed by atoms with van der Waals surface area (Å²) in [5, 5.41) is 13.5. The Kier molecular flexibility index (Phi) is 4.64. The SMILES string of the molecule is Cc1c(NC(=O)C2CC2)cccc1NS(=O)(=O)c1ccc([N+](=O)[O-])cc1. The number of carbonyl (C=O) groups is 1. The molecule has 0 aliphatic heterocycles. The van der Waals surface area contributed by atoms with Gasteiger partial charge in [0.15, 0.2) is 0 Å². The summed E-state index contributed by atoms with van der Waals surface area (Å²) in [6.45, 7) is 1.70. The van der Waals surface area contributed by atoms with Crippen molar-refractivity contribution in [1.29, 1.82) is 0 Å². The molecule has 26 heavy (non-hydrogen) atoms. The number of nitrogens with one attached hydrogen (secondary N) is 2. The Morgan fingerprint density at radius 2 is 1.73 bits per heavy atom. The molecule has 2 aromatic carbocycles. The summed E-state index contributed by atoms with van der Waals surface area (Å²) in [5.41, 5.74) is 1.28. The zero-order valence-electron chi connectivity index (χ0n) is 13.9. The van der Waals surface area contributed by atoms with E-state index in [9.17, 15) is 23.3 Å². The minimum absolute atomic E-state index is 0.0369. The maximum Gasteiger partial charge on any atom is 0.269 e. The molecule has 1 saturated carbocycles. The summed E-state index contributed by atoms with van der Waals surface area (Å²) < 4.78 is 27.5. The predicted octanol–water partition coefficient (Wildman–Crippen LogP) is 3.05. The molecular formula is C17H17N3O5S. The van der Waals surface area contributed by atoms with Crippen molar-refractivity contribution >= 4 is 33.0 Å². The highest BCUT2D eigenvalue weighted by molar-refractivity contribution is 7.92. The van der Waals surface area contributed by atoms with Crippen LogP contribution >= 0.6 is 0 Å². The maximum atomic E-state index is 12.5. The van der Waals surface area contributed by atoms with Crippen LogP contribution in [0.4, 0.5) is 17.1 Å². The van der Waals surface area contributed by atoms with E-state index < -0.39 is 14.9 Å². The molecule has 1 aliphatic carbocycles. The molecule has 0 bridgehead atoms. The van der Waals surface area contributed by atoms with E-state index in [4.69, 9.17) is 0 Å². The zero-order chi connectivity index (χ0) is 18.9. The summed E-state index contributed by atoms with van der Waals surface area (Å²) in [6, 6.07) is 9.55. The average molecular weight is 375 g/mol. The molecule has 9 heteroatoms. The molecule has 1 amide bonds. The fourth-order valence-electron chi connectivity index (χ4n) is 2.41. The van der Waals surface area contributed by atoms with Crippen molar-refractivity contribution in [3.05, 3.63) is 58.1 Å². The lowest BCUT2D eigenvalue weighted by molar-refractivity contribution is -0.384. The van der Waals surface area contributed by atoms with Crippen molar-refractivity contribution in [3.8, 4) is 0 Å². The monoisotopic (exact) mass is 375 g/mol. The third kappa shape index (κ3) is 3.83. The standard InChI is InChI=1S/C17H17N3O5S/c1-11-15(18-17(21)12-5-6-12)3-2-4-16(11)19-26(24,25)14-9-7-13(8-10-14)20(22)23/h2-4,7-10,12,19H,5-6H2,1H3,(H,18,21). The molecule has 2 N–H and O–H groups in total. The van der Waals surface area contributed by atoms with Crippen LogP contribution in [0.1, 0.15) is 18.4 Å². The minimum Gasteiger partial charge on any atom is -0.326 e. The molecule has 0 saturated heterocycles. The molecule has 0 radical (unpaired) electrons.